The Labute approximate surface area is 168 Å². The van der Waals surface area contributed by atoms with Crippen LogP contribution in [0.4, 0.5) is 0 Å². The fraction of sp³-hybridized carbons (Fsp3) is 0.409. The summed E-state index contributed by atoms with van der Waals surface area (Å²) >= 11 is 0. The summed E-state index contributed by atoms with van der Waals surface area (Å²) in [6.07, 6.45) is 0. The summed E-state index contributed by atoms with van der Waals surface area (Å²) in [4.78, 5) is 6.48. The van der Waals surface area contributed by atoms with Crippen LogP contribution in [0.1, 0.15) is 23.6 Å². The number of guanidine groups is 1. The second-order valence-electron chi connectivity index (χ2n) is 6.34. The molecule has 0 aliphatic rings. The van der Waals surface area contributed by atoms with E-state index in [0.29, 0.717) is 26.3 Å². The Morgan fingerprint density at radius 1 is 1.04 bits per heavy atom. The van der Waals surface area contributed by atoms with Crippen molar-refractivity contribution in [1.29, 1.82) is 0 Å². The number of hydrogen-bond acceptors (Lipinski definition) is 4. The predicted molar refractivity (Wildman–Crippen MR) is 113 cm³/mol. The van der Waals surface area contributed by atoms with E-state index in [-0.39, 0.29) is 0 Å². The van der Waals surface area contributed by atoms with Gasteiger partial charge in [-0.25, -0.2) is 0 Å². The number of methoxy groups -OCH3 is 2. The number of rotatable bonds is 9. The van der Waals surface area contributed by atoms with Crippen LogP contribution in [0.5, 0.6) is 11.5 Å². The maximum absolute atomic E-state index is 5.57. The first-order valence-corrected chi connectivity index (χ1v) is 9.40. The van der Waals surface area contributed by atoms with Crippen molar-refractivity contribution < 1.29 is 14.2 Å². The van der Waals surface area contributed by atoms with Crippen LogP contribution in [0.15, 0.2) is 47.5 Å². The standard InChI is InChI=1S/C22H31N3O3/c1-6-28-16-19-10-8-7-9-17(19)14-24-22(23-2)25(3)15-18-11-12-20(26-4)13-21(18)27-5/h7-13H,6,14-16H2,1-5H3,(H,23,24). The van der Waals surface area contributed by atoms with E-state index in [2.05, 4.69) is 27.3 Å². The molecule has 152 valence electrons. The van der Waals surface area contributed by atoms with Crippen LogP contribution in [0.3, 0.4) is 0 Å². The summed E-state index contributed by atoms with van der Waals surface area (Å²) in [5, 5.41) is 3.44. The largest absolute Gasteiger partial charge is 0.497 e. The molecule has 0 fully saturated rings. The fourth-order valence-electron chi connectivity index (χ4n) is 2.95. The molecule has 0 aliphatic carbocycles. The van der Waals surface area contributed by atoms with E-state index in [1.165, 1.54) is 11.1 Å². The average Bonchev–Trinajstić information content (AvgIpc) is 2.73. The molecule has 0 amide bonds. The summed E-state index contributed by atoms with van der Waals surface area (Å²) in [5.41, 5.74) is 3.45. The Hall–Kier alpha value is -2.73. The summed E-state index contributed by atoms with van der Waals surface area (Å²) in [6.45, 7) is 4.67. The van der Waals surface area contributed by atoms with Crippen molar-refractivity contribution in [3.63, 3.8) is 0 Å². The van der Waals surface area contributed by atoms with Crippen LogP contribution in [0.25, 0.3) is 0 Å². The molecular formula is C22H31N3O3. The molecule has 0 heterocycles. The van der Waals surface area contributed by atoms with Crippen molar-refractivity contribution in [2.24, 2.45) is 4.99 Å². The van der Waals surface area contributed by atoms with Crippen molar-refractivity contribution in [2.75, 3.05) is 34.9 Å². The molecule has 0 spiro atoms. The number of benzene rings is 2. The highest BCUT2D eigenvalue weighted by molar-refractivity contribution is 5.79. The average molecular weight is 386 g/mol. The normalized spacial score (nSPS) is 11.2. The molecule has 0 saturated carbocycles. The van der Waals surface area contributed by atoms with Crippen molar-refractivity contribution in [3.8, 4) is 11.5 Å². The van der Waals surface area contributed by atoms with E-state index in [0.717, 1.165) is 23.0 Å². The number of nitrogens with zero attached hydrogens (tertiary/aromatic N) is 2. The molecule has 0 aromatic heterocycles. The Morgan fingerprint density at radius 2 is 1.79 bits per heavy atom. The number of ether oxygens (including phenoxy) is 3. The van der Waals surface area contributed by atoms with Gasteiger partial charge < -0.3 is 24.4 Å². The molecule has 1 N–H and O–H groups in total. The number of hydrogen-bond donors (Lipinski definition) is 1. The zero-order chi connectivity index (χ0) is 20.4. The number of aliphatic imine (C=N–C) groups is 1. The summed E-state index contributed by atoms with van der Waals surface area (Å²) in [7, 11) is 7.11. The SMILES string of the molecule is CCOCc1ccccc1CNC(=NC)N(C)Cc1ccc(OC)cc1OC. The van der Waals surface area contributed by atoms with Crippen LogP contribution in [0.2, 0.25) is 0 Å². The van der Waals surface area contributed by atoms with Gasteiger partial charge in [-0.1, -0.05) is 24.3 Å². The van der Waals surface area contributed by atoms with Crippen molar-refractivity contribution in [1.82, 2.24) is 10.2 Å². The minimum atomic E-state index is 0.617. The van der Waals surface area contributed by atoms with Gasteiger partial charge in [0.15, 0.2) is 5.96 Å². The van der Waals surface area contributed by atoms with Gasteiger partial charge in [0.25, 0.3) is 0 Å². The molecule has 2 aromatic carbocycles. The first-order valence-electron chi connectivity index (χ1n) is 9.40. The molecule has 2 rings (SSSR count). The molecule has 0 bridgehead atoms. The van der Waals surface area contributed by atoms with Crippen LogP contribution in [0, 0.1) is 0 Å². The van der Waals surface area contributed by atoms with Gasteiger partial charge in [-0.15, -0.1) is 0 Å². The highest BCUT2D eigenvalue weighted by atomic mass is 16.5. The molecule has 2 aromatic rings. The van der Waals surface area contributed by atoms with Gasteiger partial charge in [-0.2, -0.15) is 0 Å². The molecule has 0 saturated heterocycles. The lowest BCUT2D eigenvalue weighted by atomic mass is 10.1. The summed E-state index contributed by atoms with van der Waals surface area (Å²) < 4.78 is 16.3. The van der Waals surface area contributed by atoms with Gasteiger partial charge in [0.2, 0.25) is 0 Å². The van der Waals surface area contributed by atoms with Crippen molar-refractivity contribution in [3.05, 3.63) is 59.2 Å². The first-order chi connectivity index (χ1) is 13.6. The van der Waals surface area contributed by atoms with Gasteiger partial charge >= 0.3 is 0 Å². The minimum Gasteiger partial charge on any atom is -0.497 e. The minimum absolute atomic E-state index is 0.617. The van der Waals surface area contributed by atoms with Crippen molar-refractivity contribution >= 4 is 5.96 Å². The van der Waals surface area contributed by atoms with Crippen molar-refractivity contribution in [2.45, 2.75) is 26.6 Å². The summed E-state index contributed by atoms with van der Waals surface area (Å²) in [5.74, 6) is 2.38. The Morgan fingerprint density at radius 3 is 2.43 bits per heavy atom. The van der Waals surface area contributed by atoms with Crippen LogP contribution in [-0.4, -0.2) is 45.8 Å². The van der Waals surface area contributed by atoms with Crippen LogP contribution in [-0.2, 0) is 24.4 Å². The predicted octanol–water partition coefficient (Wildman–Crippen LogP) is 3.45. The maximum atomic E-state index is 5.57. The van der Waals surface area contributed by atoms with E-state index < -0.39 is 0 Å². The lowest BCUT2D eigenvalue weighted by molar-refractivity contribution is 0.133. The second-order valence-corrected chi connectivity index (χ2v) is 6.34. The van der Waals surface area contributed by atoms with Gasteiger partial charge in [0.1, 0.15) is 11.5 Å². The third-order valence-corrected chi connectivity index (χ3v) is 4.49. The second kappa shape index (κ2) is 11.2. The highest BCUT2D eigenvalue weighted by Gasteiger charge is 2.12. The fourth-order valence-corrected chi connectivity index (χ4v) is 2.95. The Bertz CT molecular complexity index is 777. The molecule has 0 unspecified atom stereocenters. The van der Waals surface area contributed by atoms with E-state index in [9.17, 15) is 0 Å². The maximum Gasteiger partial charge on any atom is 0.193 e. The molecule has 6 heteroatoms. The smallest absolute Gasteiger partial charge is 0.193 e. The lowest BCUT2D eigenvalue weighted by Gasteiger charge is -2.24. The zero-order valence-electron chi connectivity index (χ0n) is 17.5. The quantitative estimate of drug-likeness (QED) is 0.529. The highest BCUT2D eigenvalue weighted by Crippen LogP contribution is 2.25. The zero-order valence-corrected chi connectivity index (χ0v) is 17.5. The van der Waals surface area contributed by atoms with E-state index in [1.807, 2.05) is 44.3 Å². The third-order valence-electron chi connectivity index (χ3n) is 4.49. The van der Waals surface area contributed by atoms with E-state index in [4.69, 9.17) is 14.2 Å². The monoisotopic (exact) mass is 385 g/mol. The van der Waals surface area contributed by atoms with E-state index in [1.54, 1.807) is 21.3 Å². The molecule has 0 atom stereocenters. The third kappa shape index (κ3) is 5.89. The topological polar surface area (TPSA) is 55.3 Å². The van der Waals surface area contributed by atoms with Crippen LogP contribution < -0.4 is 14.8 Å². The van der Waals surface area contributed by atoms with E-state index >= 15 is 0 Å². The molecular weight excluding hydrogens is 354 g/mol. The first kappa shape index (κ1) is 21.6. The lowest BCUT2D eigenvalue weighted by Crippen LogP contribution is -2.38. The number of nitrogens with one attached hydrogen (secondary N) is 1. The molecule has 6 nitrogen and oxygen atoms in total. The molecule has 0 aliphatic heterocycles. The van der Waals surface area contributed by atoms with Crippen LogP contribution >= 0.6 is 0 Å². The summed E-state index contributed by atoms with van der Waals surface area (Å²) in [6, 6.07) is 14.1. The van der Waals surface area contributed by atoms with Gasteiger partial charge in [-0.3, -0.25) is 4.99 Å². The molecule has 0 radical (unpaired) electrons. The van der Waals surface area contributed by atoms with Gasteiger partial charge in [0, 0.05) is 45.4 Å². The Balaban J connectivity index is 2.04. The Kier molecular flexibility index (Phi) is 8.62. The van der Waals surface area contributed by atoms with Gasteiger partial charge in [-0.05, 0) is 30.2 Å². The van der Waals surface area contributed by atoms with Gasteiger partial charge in [0.05, 0.1) is 20.8 Å². The molecule has 28 heavy (non-hydrogen) atoms.